The molecule has 0 unspecified atom stereocenters. The van der Waals surface area contributed by atoms with Gasteiger partial charge in [-0.3, -0.25) is 9.36 Å². The SMILES string of the molecule is CCCCCCC(=O)Nc1ncnc2c1ncn2[C@@H]1O[C@H](CO)C[C@@H]1O. The van der Waals surface area contributed by atoms with E-state index in [9.17, 15) is 15.0 Å². The van der Waals surface area contributed by atoms with Crippen LogP contribution in [0.15, 0.2) is 12.7 Å². The molecule has 0 aliphatic carbocycles. The Morgan fingerprint density at radius 2 is 2.19 bits per heavy atom. The lowest BCUT2D eigenvalue weighted by Crippen LogP contribution is -2.19. The van der Waals surface area contributed by atoms with Gasteiger partial charge in [-0.2, -0.15) is 0 Å². The molecule has 1 saturated heterocycles. The third kappa shape index (κ3) is 4.00. The summed E-state index contributed by atoms with van der Waals surface area (Å²) in [4.78, 5) is 24.7. The number of unbranched alkanes of at least 4 members (excludes halogenated alkanes) is 3. The lowest BCUT2D eigenvalue weighted by atomic mass is 10.1. The molecule has 0 radical (unpaired) electrons. The second-order valence-corrected chi connectivity index (χ2v) is 6.54. The average molecular weight is 363 g/mol. The highest BCUT2D eigenvalue weighted by atomic mass is 16.5. The smallest absolute Gasteiger partial charge is 0.225 e. The quantitative estimate of drug-likeness (QED) is 0.605. The summed E-state index contributed by atoms with van der Waals surface area (Å²) in [6.45, 7) is 1.97. The first-order valence-corrected chi connectivity index (χ1v) is 9.05. The first-order valence-electron chi connectivity index (χ1n) is 9.05. The number of nitrogens with one attached hydrogen (secondary N) is 1. The van der Waals surface area contributed by atoms with E-state index in [2.05, 4.69) is 27.2 Å². The van der Waals surface area contributed by atoms with Gasteiger partial charge >= 0.3 is 0 Å². The van der Waals surface area contributed by atoms with Crippen LogP contribution < -0.4 is 5.32 Å². The molecule has 3 N–H and O–H groups in total. The van der Waals surface area contributed by atoms with Gasteiger partial charge < -0.3 is 20.3 Å². The number of imidazole rings is 1. The summed E-state index contributed by atoms with van der Waals surface area (Å²) in [5.74, 6) is 0.244. The second-order valence-electron chi connectivity index (χ2n) is 6.54. The zero-order valence-electron chi connectivity index (χ0n) is 14.8. The van der Waals surface area contributed by atoms with Gasteiger partial charge in [-0.1, -0.05) is 26.2 Å². The molecule has 0 saturated carbocycles. The van der Waals surface area contributed by atoms with Crippen molar-refractivity contribution in [2.45, 2.75) is 63.9 Å². The summed E-state index contributed by atoms with van der Waals surface area (Å²) in [6.07, 6.45) is 5.88. The Morgan fingerprint density at radius 3 is 2.92 bits per heavy atom. The molecule has 1 amide bonds. The molecule has 0 bridgehead atoms. The largest absolute Gasteiger partial charge is 0.394 e. The van der Waals surface area contributed by atoms with E-state index in [0.717, 1.165) is 25.7 Å². The highest BCUT2D eigenvalue weighted by Crippen LogP contribution is 2.31. The normalized spacial score (nSPS) is 22.8. The highest BCUT2D eigenvalue weighted by Gasteiger charge is 2.36. The van der Waals surface area contributed by atoms with Gasteiger partial charge in [0.1, 0.15) is 12.4 Å². The molecule has 3 heterocycles. The van der Waals surface area contributed by atoms with Crippen LogP contribution >= 0.6 is 0 Å². The zero-order valence-corrected chi connectivity index (χ0v) is 14.8. The van der Waals surface area contributed by atoms with Gasteiger partial charge in [-0.25, -0.2) is 15.0 Å². The minimum Gasteiger partial charge on any atom is -0.394 e. The molecule has 1 aliphatic rings. The number of aromatic nitrogens is 4. The molecule has 0 aromatic carbocycles. The van der Waals surface area contributed by atoms with Crippen molar-refractivity contribution in [1.29, 1.82) is 0 Å². The molecular formula is C17H25N5O4. The van der Waals surface area contributed by atoms with Gasteiger partial charge in [0.25, 0.3) is 0 Å². The molecule has 2 aromatic heterocycles. The van der Waals surface area contributed by atoms with Crippen LogP contribution in [0, 0.1) is 0 Å². The Kier molecular flexibility index (Phi) is 6.12. The highest BCUT2D eigenvalue weighted by molar-refractivity contribution is 5.96. The number of aliphatic hydroxyl groups is 2. The first-order chi connectivity index (χ1) is 12.6. The number of hydrogen-bond donors (Lipinski definition) is 3. The van der Waals surface area contributed by atoms with E-state index < -0.39 is 18.4 Å². The number of anilines is 1. The van der Waals surface area contributed by atoms with Crippen LogP contribution in [0.2, 0.25) is 0 Å². The molecule has 1 aliphatic heterocycles. The van der Waals surface area contributed by atoms with Gasteiger partial charge in [0, 0.05) is 12.8 Å². The number of fused-ring (bicyclic) bond motifs is 1. The van der Waals surface area contributed by atoms with Crippen molar-refractivity contribution in [3.05, 3.63) is 12.7 Å². The van der Waals surface area contributed by atoms with Crippen LogP contribution in [0.5, 0.6) is 0 Å². The summed E-state index contributed by atoms with van der Waals surface area (Å²) < 4.78 is 7.25. The van der Waals surface area contributed by atoms with Crippen molar-refractivity contribution >= 4 is 22.9 Å². The number of rotatable bonds is 8. The summed E-state index contributed by atoms with van der Waals surface area (Å²) in [5.41, 5.74) is 0.904. The molecular weight excluding hydrogens is 338 g/mol. The summed E-state index contributed by atoms with van der Waals surface area (Å²) >= 11 is 0. The summed E-state index contributed by atoms with van der Waals surface area (Å²) in [5, 5.41) is 22.2. The van der Waals surface area contributed by atoms with E-state index in [1.165, 1.54) is 12.7 Å². The fraction of sp³-hybridized carbons (Fsp3) is 0.647. The number of carbonyl (C=O) groups excluding carboxylic acids is 1. The van der Waals surface area contributed by atoms with Crippen LogP contribution in [-0.2, 0) is 9.53 Å². The number of carbonyl (C=O) groups is 1. The van der Waals surface area contributed by atoms with Crippen LogP contribution in [0.1, 0.15) is 51.7 Å². The fourth-order valence-electron chi connectivity index (χ4n) is 3.13. The van der Waals surface area contributed by atoms with Crippen LogP contribution in [0.4, 0.5) is 5.82 Å². The van der Waals surface area contributed by atoms with Crippen molar-refractivity contribution in [2.24, 2.45) is 0 Å². The van der Waals surface area contributed by atoms with Crippen LogP contribution in [-0.4, -0.2) is 54.5 Å². The van der Waals surface area contributed by atoms with E-state index in [4.69, 9.17) is 4.74 Å². The number of amides is 1. The van der Waals surface area contributed by atoms with Crippen molar-refractivity contribution in [3.8, 4) is 0 Å². The maximum atomic E-state index is 12.1. The van der Waals surface area contributed by atoms with E-state index in [-0.39, 0.29) is 12.5 Å². The molecule has 26 heavy (non-hydrogen) atoms. The van der Waals surface area contributed by atoms with Gasteiger partial charge in [0.2, 0.25) is 5.91 Å². The standard InChI is InChI=1S/C17H25N5O4/c1-2-3-4-5-6-13(25)21-15-14-16(19-9-18-15)22(10-20-14)17-12(24)7-11(8-23)26-17/h9-12,17,23-24H,2-8H2,1H3,(H,18,19,21,25)/t11-,12-,17+/m0/s1. The molecule has 0 spiro atoms. The Labute approximate surface area is 151 Å². The van der Waals surface area contributed by atoms with Crippen LogP contribution in [0.3, 0.4) is 0 Å². The molecule has 142 valence electrons. The lowest BCUT2D eigenvalue weighted by Gasteiger charge is -2.16. The Bertz CT molecular complexity index is 750. The molecule has 1 fully saturated rings. The van der Waals surface area contributed by atoms with Gasteiger partial charge in [-0.15, -0.1) is 0 Å². The Balaban J connectivity index is 1.73. The van der Waals surface area contributed by atoms with E-state index >= 15 is 0 Å². The molecule has 3 rings (SSSR count). The number of aliphatic hydroxyl groups excluding tert-OH is 2. The van der Waals surface area contributed by atoms with Gasteiger partial charge in [0.15, 0.2) is 23.2 Å². The zero-order chi connectivity index (χ0) is 18.5. The third-order valence-corrected chi connectivity index (χ3v) is 4.52. The van der Waals surface area contributed by atoms with Crippen LogP contribution in [0.25, 0.3) is 11.2 Å². The monoisotopic (exact) mass is 363 g/mol. The van der Waals surface area contributed by atoms with Gasteiger partial charge in [-0.05, 0) is 6.42 Å². The first kappa shape index (κ1) is 18.7. The number of ether oxygens (including phenoxy) is 1. The minimum atomic E-state index is -0.767. The number of nitrogens with zero attached hydrogens (tertiary/aromatic N) is 4. The minimum absolute atomic E-state index is 0.104. The van der Waals surface area contributed by atoms with Crippen molar-refractivity contribution in [2.75, 3.05) is 11.9 Å². The van der Waals surface area contributed by atoms with Crippen molar-refractivity contribution in [1.82, 2.24) is 19.5 Å². The maximum Gasteiger partial charge on any atom is 0.225 e. The topological polar surface area (TPSA) is 122 Å². The number of hydrogen-bond acceptors (Lipinski definition) is 7. The Morgan fingerprint density at radius 1 is 1.35 bits per heavy atom. The average Bonchev–Trinajstić information content (AvgIpc) is 3.22. The summed E-state index contributed by atoms with van der Waals surface area (Å²) in [7, 11) is 0. The summed E-state index contributed by atoms with van der Waals surface area (Å²) in [6, 6.07) is 0. The fourth-order valence-corrected chi connectivity index (χ4v) is 3.13. The van der Waals surface area contributed by atoms with E-state index in [0.29, 0.717) is 29.8 Å². The van der Waals surface area contributed by atoms with E-state index in [1.54, 1.807) is 4.57 Å². The molecule has 2 aromatic rings. The van der Waals surface area contributed by atoms with Crippen molar-refractivity contribution < 1.29 is 19.7 Å². The Hall–Kier alpha value is -2.10. The molecule has 3 atom stereocenters. The molecule has 9 nitrogen and oxygen atoms in total. The second kappa shape index (κ2) is 8.52. The van der Waals surface area contributed by atoms with Gasteiger partial charge in [0.05, 0.1) is 19.0 Å². The maximum absolute atomic E-state index is 12.1. The predicted molar refractivity (Wildman–Crippen MR) is 94.3 cm³/mol. The van der Waals surface area contributed by atoms with Crippen molar-refractivity contribution in [3.63, 3.8) is 0 Å². The third-order valence-electron chi connectivity index (χ3n) is 4.52. The lowest BCUT2D eigenvalue weighted by molar-refractivity contribution is -0.116. The van der Waals surface area contributed by atoms with E-state index in [1.807, 2.05) is 0 Å². The predicted octanol–water partition coefficient (Wildman–Crippen LogP) is 1.38. The molecule has 9 heteroatoms.